The number of hydrogen-bond donors (Lipinski definition) is 2. The number of nitrogens with zero attached hydrogens (tertiary/aromatic N) is 3. The van der Waals surface area contributed by atoms with E-state index in [9.17, 15) is 4.79 Å². The van der Waals surface area contributed by atoms with Gasteiger partial charge in [-0.05, 0) is 38.4 Å². The van der Waals surface area contributed by atoms with Crippen molar-refractivity contribution in [1.29, 1.82) is 0 Å². The Bertz CT molecular complexity index is 896. The summed E-state index contributed by atoms with van der Waals surface area (Å²) in [5, 5.41) is 0. The first-order valence-electron chi connectivity index (χ1n) is 8.88. The van der Waals surface area contributed by atoms with Crippen molar-refractivity contribution in [3.05, 3.63) is 55.0 Å². The molecule has 0 fully saturated rings. The number of carbonyl (C=O) groups excluding carboxylic acids is 1. The van der Waals surface area contributed by atoms with Gasteiger partial charge in [0.2, 0.25) is 5.89 Å². The number of hydrogen-bond acceptors (Lipinski definition) is 7. The molecule has 2 heterocycles. The van der Waals surface area contributed by atoms with Gasteiger partial charge in [0.25, 0.3) is 5.91 Å². The van der Waals surface area contributed by atoms with Crippen molar-refractivity contribution in [3.8, 4) is 28.5 Å². The van der Waals surface area contributed by atoms with Crippen LogP contribution < -0.4 is 15.6 Å². The van der Waals surface area contributed by atoms with Crippen LogP contribution in [0.4, 0.5) is 0 Å². The maximum Gasteiger partial charge on any atom is 0.271 e. The quantitative estimate of drug-likeness (QED) is 0.432. The molecule has 3 aromatic rings. The zero-order valence-corrected chi connectivity index (χ0v) is 15.9. The van der Waals surface area contributed by atoms with E-state index in [2.05, 4.69) is 20.8 Å². The minimum absolute atomic E-state index is 0.114. The van der Waals surface area contributed by atoms with Crippen LogP contribution in [0.3, 0.4) is 0 Å². The first-order chi connectivity index (χ1) is 13.6. The summed E-state index contributed by atoms with van der Waals surface area (Å²) in [5.41, 5.74) is 7.04. The van der Waals surface area contributed by atoms with Gasteiger partial charge in [-0.1, -0.05) is 12.1 Å². The van der Waals surface area contributed by atoms with Crippen molar-refractivity contribution >= 4 is 5.91 Å². The van der Waals surface area contributed by atoms with Gasteiger partial charge in [-0.3, -0.25) is 15.2 Å². The van der Waals surface area contributed by atoms with Gasteiger partial charge >= 0.3 is 0 Å². The molecule has 0 unspecified atom stereocenters. The highest BCUT2D eigenvalue weighted by atomic mass is 16.5. The Morgan fingerprint density at radius 2 is 1.96 bits per heavy atom. The van der Waals surface area contributed by atoms with Crippen LogP contribution >= 0.6 is 0 Å². The van der Waals surface area contributed by atoms with Gasteiger partial charge in [-0.25, -0.2) is 10.4 Å². The van der Waals surface area contributed by atoms with Gasteiger partial charge in [0.15, 0.2) is 12.4 Å². The summed E-state index contributed by atoms with van der Waals surface area (Å²) in [5.74, 6) is 1.34. The molecule has 0 saturated heterocycles. The molecule has 0 bridgehead atoms. The van der Waals surface area contributed by atoms with E-state index < -0.39 is 0 Å². The predicted molar refractivity (Wildman–Crippen MR) is 105 cm³/mol. The highest BCUT2D eigenvalue weighted by Crippen LogP contribution is 2.32. The number of amides is 1. The highest BCUT2D eigenvalue weighted by Gasteiger charge is 2.13. The molecule has 0 spiro atoms. The molecule has 28 heavy (non-hydrogen) atoms. The fourth-order valence-corrected chi connectivity index (χ4v) is 2.44. The van der Waals surface area contributed by atoms with Gasteiger partial charge in [0.1, 0.15) is 5.75 Å². The van der Waals surface area contributed by atoms with Gasteiger partial charge in [-0.15, -0.1) is 0 Å². The molecular formula is C20H23N5O3. The molecular weight excluding hydrogens is 358 g/mol. The van der Waals surface area contributed by atoms with E-state index in [0.29, 0.717) is 23.9 Å². The summed E-state index contributed by atoms with van der Waals surface area (Å²) < 4.78 is 11.6. The monoisotopic (exact) mass is 381 g/mol. The fourth-order valence-electron chi connectivity index (χ4n) is 2.44. The molecule has 146 valence electrons. The molecule has 0 aliphatic rings. The third-order valence-corrected chi connectivity index (χ3v) is 3.86. The molecule has 8 nitrogen and oxygen atoms in total. The summed E-state index contributed by atoms with van der Waals surface area (Å²) in [4.78, 5) is 22.3. The van der Waals surface area contributed by atoms with E-state index in [4.69, 9.17) is 9.15 Å². The summed E-state index contributed by atoms with van der Waals surface area (Å²) >= 11 is 0. The molecule has 0 aliphatic heterocycles. The van der Waals surface area contributed by atoms with Crippen molar-refractivity contribution in [3.63, 3.8) is 0 Å². The number of carbonyl (C=O) groups is 1. The number of aromatic nitrogens is 2. The van der Waals surface area contributed by atoms with E-state index in [1.807, 2.05) is 49.3 Å². The molecule has 1 aromatic carbocycles. The number of likely N-dealkylation sites (N-methyl/N-ethyl adjacent to an activating group) is 1. The van der Waals surface area contributed by atoms with Crippen molar-refractivity contribution in [2.24, 2.45) is 0 Å². The molecule has 8 heteroatoms. The van der Waals surface area contributed by atoms with E-state index in [1.54, 1.807) is 24.7 Å². The third kappa shape index (κ3) is 5.38. The second-order valence-corrected chi connectivity index (χ2v) is 6.33. The van der Waals surface area contributed by atoms with Crippen LogP contribution in [0.2, 0.25) is 0 Å². The zero-order chi connectivity index (χ0) is 19.8. The van der Waals surface area contributed by atoms with E-state index in [-0.39, 0.29) is 12.5 Å². The Kier molecular flexibility index (Phi) is 6.72. The maximum atomic E-state index is 11.9. The van der Waals surface area contributed by atoms with Crippen LogP contribution in [-0.2, 0) is 4.79 Å². The lowest BCUT2D eigenvalue weighted by atomic mass is 10.1. The SMILES string of the molecule is CN(C)CCNNC(=O)COc1ccccc1-c1cnc(-c2ccncc2)o1. The third-order valence-electron chi connectivity index (χ3n) is 3.86. The standard InChI is InChI=1S/C20H23N5O3/c1-25(2)12-11-23-24-19(26)14-27-17-6-4-3-5-16(17)18-13-22-20(28-18)15-7-9-21-10-8-15/h3-10,13,23H,11-12,14H2,1-2H3,(H,24,26). The zero-order valence-electron chi connectivity index (χ0n) is 15.9. The number of hydrazine groups is 1. The van der Waals surface area contributed by atoms with Crippen LogP contribution in [0.5, 0.6) is 5.75 Å². The molecule has 0 radical (unpaired) electrons. The van der Waals surface area contributed by atoms with E-state index >= 15 is 0 Å². The summed E-state index contributed by atoms with van der Waals surface area (Å²) in [6.07, 6.45) is 5.00. The molecule has 0 saturated carbocycles. The number of benzene rings is 1. The molecule has 2 aromatic heterocycles. The largest absolute Gasteiger partial charge is 0.483 e. The van der Waals surface area contributed by atoms with Gasteiger partial charge < -0.3 is 14.1 Å². The van der Waals surface area contributed by atoms with Crippen molar-refractivity contribution in [2.45, 2.75) is 0 Å². The minimum atomic E-state index is -0.261. The van der Waals surface area contributed by atoms with Gasteiger partial charge in [0.05, 0.1) is 11.8 Å². The number of oxazole rings is 1. The summed E-state index contributed by atoms with van der Waals surface area (Å²) in [7, 11) is 3.93. The maximum absolute atomic E-state index is 11.9. The Morgan fingerprint density at radius 3 is 2.75 bits per heavy atom. The van der Waals surface area contributed by atoms with Crippen LogP contribution in [-0.4, -0.2) is 54.6 Å². The topological polar surface area (TPSA) is 92.5 Å². The van der Waals surface area contributed by atoms with Crippen molar-refractivity contribution in [2.75, 3.05) is 33.8 Å². The van der Waals surface area contributed by atoms with E-state index in [1.165, 1.54) is 0 Å². The fraction of sp³-hybridized carbons (Fsp3) is 0.250. The van der Waals surface area contributed by atoms with Crippen molar-refractivity contribution in [1.82, 2.24) is 25.7 Å². The van der Waals surface area contributed by atoms with Crippen LogP contribution in [0.1, 0.15) is 0 Å². The smallest absolute Gasteiger partial charge is 0.271 e. The molecule has 1 amide bonds. The number of pyridine rings is 1. The second kappa shape index (κ2) is 9.63. The van der Waals surface area contributed by atoms with E-state index in [0.717, 1.165) is 17.7 Å². The second-order valence-electron chi connectivity index (χ2n) is 6.33. The van der Waals surface area contributed by atoms with Crippen LogP contribution in [0.25, 0.3) is 22.8 Å². The Balaban J connectivity index is 1.62. The lowest BCUT2D eigenvalue weighted by Gasteiger charge is -2.12. The Hall–Kier alpha value is -3.23. The lowest BCUT2D eigenvalue weighted by molar-refractivity contribution is -0.124. The molecule has 0 atom stereocenters. The lowest BCUT2D eigenvalue weighted by Crippen LogP contribution is -2.43. The minimum Gasteiger partial charge on any atom is -0.483 e. The average Bonchev–Trinajstić information content (AvgIpc) is 3.20. The van der Waals surface area contributed by atoms with Crippen LogP contribution in [0.15, 0.2) is 59.4 Å². The number of ether oxygens (including phenoxy) is 1. The molecule has 0 aliphatic carbocycles. The molecule has 3 rings (SSSR count). The van der Waals surface area contributed by atoms with Crippen LogP contribution in [0, 0.1) is 0 Å². The summed E-state index contributed by atoms with van der Waals surface area (Å²) in [6, 6.07) is 11.0. The number of para-hydroxylation sites is 1. The van der Waals surface area contributed by atoms with Gasteiger partial charge in [-0.2, -0.15) is 0 Å². The Labute approximate surface area is 163 Å². The highest BCUT2D eigenvalue weighted by molar-refractivity contribution is 5.77. The number of rotatable bonds is 9. The number of nitrogens with one attached hydrogen (secondary N) is 2. The first-order valence-corrected chi connectivity index (χ1v) is 8.88. The molecule has 2 N–H and O–H groups in total. The van der Waals surface area contributed by atoms with Gasteiger partial charge in [0, 0.05) is 31.0 Å². The predicted octanol–water partition coefficient (Wildman–Crippen LogP) is 1.96. The van der Waals surface area contributed by atoms with Crippen molar-refractivity contribution < 1.29 is 13.9 Å². The normalized spacial score (nSPS) is 10.8. The first kappa shape index (κ1) is 19.5. The average molecular weight is 381 g/mol. The Morgan fingerprint density at radius 1 is 1.18 bits per heavy atom. The summed E-state index contributed by atoms with van der Waals surface area (Å²) in [6.45, 7) is 1.35.